The van der Waals surface area contributed by atoms with Gasteiger partial charge in [-0.1, -0.05) is 12.1 Å². The average Bonchev–Trinajstić information content (AvgIpc) is 3.39. The average molecular weight is 387 g/mol. The number of nitrogens with one attached hydrogen (secondary N) is 1. The van der Waals surface area contributed by atoms with Gasteiger partial charge in [-0.15, -0.1) is 5.10 Å². The van der Waals surface area contributed by atoms with Crippen molar-refractivity contribution < 1.29 is 18.0 Å². The van der Waals surface area contributed by atoms with Crippen molar-refractivity contribution in [2.24, 2.45) is 0 Å². The van der Waals surface area contributed by atoms with Crippen LogP contribution in [0.3, 0.4) is 0 Å². The Morgan fingerprint density at radius 1 is 1.07 bits per heavy atom. The zero-order chi connectivity index (χ0) is 19.7. The van der Waals surface area contributed by atoms with Gasteiger partial charge in [-0.2, -0.15) is 13.2 Å². The van der Waals surface area contributed by atoms with Gasteiger partial charge in [0.1, 0.15) is 0 Å². The summed E-state index contributed by atoms with van der Waals surface area (Å²) in [4.78, 5) is 12.2. The number of aromatic nitrogens is 4. The molecule has 0 radical (unpaired) electrons. The molecule has 1 aromatic heterocycles. The van der Waals surface area contributed by atoms with E-state index in [-0.39, 0.29) is 12.3 Å². The molecule has 1 saturated carbocycles. The van der Waals surface area contributed by atoms with E-state index in [1.54, 1.807) is 16.8 Å². The minimum absolute atomic E-state index is 0.0141. The van der Waals surface area contributed by atoms with Gasteiger partial charge in [0.25, 0.3) is 0 Å². The topological polar surface area (TPSA) is 72.7 Å². The first-order chi connectivity index (χ1) is 13.4. The quantitative estimate of drug-likeness (QED) is 0.721. The Labute approximate surface area is 158 Å². The number of amides is 1. The van der Waals surface area contributed by atoms with E-state index in [0.29, 0.717) is 23.1 Å². The molecule has 0 aliphatic heterocycles. The molecule has 0 unspecified atom stereocenters. The summed E-state index contributed by atoms with van der Waals surface area (Å²) in [5, 5.41) is 14.5. The van der Waals surface area contributed by atoms with Crippen LogP contribution < -0.4 is 5.32 Å². The van der Waals surface area contributed by atoms with E-state index in [9.17, 15) is 18.0 Å². The molecule has 2 aromatic carbocycles. The van der Waals surface area contributed by atoms with Gasteiger partial charge in [-0.25, -0.2) is 4.68 Å². The molecule has 1 aliphatic carbocycles. The van der Waals surface area contributed by atoms with E-state index < -0.39 is 11.7 Å². The molecule has 6 nitrogen and oxygen atoms in total. The zero-order valence-corrected chi connectivity index (χ0v) is 14.6. The first-order valence-corrected chi connectivity index (χ1v) is 8.74. The van der Waals surface area contributed by atoms with E-state index in [4.69, 9.17) is 0 Å². The molecule has 1 aliphatic rings. The third kappa shape index (κ3) is 4.03. The fraction of sp³-hybridized carbons (Fsp3) is 0.263. The molecule has 3 aromatic rings. The molecule has 1 fully saturated rings. The molecule has 1 N–H and O–H groups in total. The maximum atomic E-state index is 12.6. The molecule has 0 spiro atoms. The predicted octanol–water partition coefficient (Wildman–Crippen LogP) is 3.88. The number of carbonyl (C=O) groups excluding carboxylic acids is 1. The summed E-state index contributed by atoms with van der Waals surface area (Å²) >= 11 is 0. The van der Waals surface area contributed by atoms with Crippen molar-refractivity contribution >= 4 is 11.6 Å². The van der Waals surface area contributed by atoms with E-state index in [0.717, 1.165) is 30.5 Å². The lowest BCUT2D eigenvalue weighted by molar-refractivity contribution is -0.137. The number of benzene rings is 2. The summed E-state index contributed by atoms with van der Waals surface area (Å²) in [7, 11) is 0. The van der Waals surface area contributed by atoms with Crippen LogP contribution in [0.1, 0.15) is 30.0 Å². The highest BCUT2D eigenvalue weighted by Gasteiger charge is 2.30. The predicted molar refractivity (Wildman–Crippen MR) is 95.3 cm³/mol. The van der Waals surface area contributed by atoms with Crippen LogP contribution >= 0.6 is 0 Å². The second-order valence-corrected chi connectivity index (χ2v) is 6.68. The molecule has 0 bridgehead atoms. The maximum absolute atomic E-state index is 12.6. The lowest BCUT2D eigenvalue weighted by Gasteiger charge is -2.09. The van der Waals surface area contributed by atoms with Gasteiger partial charge >= 0.3 is 6.18 Å². The van der Waals surface area contributed by atoms with Crippen molar-refractivity contribution in [2.45, 2.75) is 31.5 Å². The number of tetrazole rings is 1. The minimum Gasteiger partial charge on any atom is -0.326 e. The monoisotopic (exact) mass is 387 g/mol. The lowest BCUT2D eigenvalue weighted by atomic mass is 10.1. The van der Waals surface area contributed by atoms with Crippen molar-refractivity contribution in [2.75, 3.05) is 5.32 Å². The van der Waals surface area contributed by atoms with E-state index in [1.165, 1.54) is 12.1 Å². The third-order valence-electron chi connectivity index (χ3n) is 4.46. The van der Waals surface area contributed by atoms with Crippen LogP contribution in [0.5, 0.6) is 0 Å². The molecule has 1 heterocycles. The first-order valence-electron chi connectivity index (χ1n) is 8.74. The van der Waals surface area contributed by atoms with Crippen molar-refractivity contribution in [3.05, 3.63) is 59.7 Å². The molecule has 28 heavy (non-hydrogen) atoms. The molecule has 4 rings (SSSR count). The summed E-state index contributed by atoms with van der Waals surface area (Å²) in [6.07, 6.45) is -2.27. The second kappa shape index (κ2) is 7.06. The Balaban J connectivity index is 1.39. The first kappa shape index (κ1) is 18.1. The smallest absolute Gasteiger partial charge is 0.326 e. The van der Waals surface area contributed by atoms with Gasteiger partial charge in [0.05, 0.1) is 18.0 Å². The van der Waals surface area contributed by atoms with Crippen LogP contribution in [0.15, 0.2) is 48.5 Å². The van der Waals surface area contributed by atoms with Gasteiger partial charge in [0.15, 0.2) is 5.82 Å². The normalized spacial score (nSPS) is 14.1. The van der Waals surface area contributed by atoms with Crippen LogP contribution in [-0.2, 0) is 17.4 Å². The highest BCUT2D eigenvalue weighted by Crippen LogP contribution is 2.36. The standard InChI is InChI=1S/C19H16F3N5O/c20-19(21,22)14-5-1-12(2-6-14)11-17(28)23-15-7-3-13(4-8-15)18-24-25-26-27(18)16-9-10-16/h1-8,16H,9-11H2,(H,23,28). The van der Waals surface area contributed by atoms with Crippen LogP contribution in [0.25, 0.3) is 11.4 Å². The van der Waals surface area contributed by atoms with Gasteiger partial charge in [0.2, 0.25) is 5.91 Å². The molecular formula is C19H16F3N5O. The Morgan fingerprint density at radius 2 is 1.75 bits per heavy atom. The number of hydrogen-bond donors (Lipinski definition) is 1. The largest absolute Gasteiger partial charge is 0.416 e. The molecule has 144 valence electrons. The number of nitrogens with zero attached hydrogens (tertiary/aromatic N) is 4. The van der Waals surface area contributed by atoms with Crippen molar-refractivity contribution in [1.29, 1.82) is 0 Å². The SMILES string of the molecule is O=C(Cc1ccc(C(F)(F)F)cc1)Nc1ccc(-c2nnnn2C2CC2)cc1. The summed E-state index contributed by atoms with van der Waals surface area (Å²) in [6.45, 7) is 0. The van der Waals surface area contributed by atoms with Crippen molar-refractivity contribution in [3.8, 4) is 11.4 Å². The number of alkyl halides is 3. The minimum atomic E-state index is -4.39. The zero-order valence-electron chi connectivity index (χ0n) is 14.6. The fourth-order valence-corrected chi connectivity index (χ4v) is 2.85. The van der Waals surface area contributed by atoms with Gasteiger partial charge in [-0.05, 0) is 65.2 Å². The molecular weight excluding hydrogens is 371 g/mol. The Morgan fingerprint density at radius 3 is 2.36 bits per heavy atom. The van der Waals surface area contributed by atoms with Crippen molar-refractivity contribution in [3.63, 3.8) is 0 Å². The lowest BCUT2D eigenvalue weighted by Crippen LogP contribution is -2.14. The van der Waals surface area contributed by atoms with Crippen LogP contribution in [0, 0.1) is 0 Å². The van der Waals surface area contributed by atoms with Gasteiger partial charge < -0.3 is 5.32 Å². The summed E-state index contributed by atoms with van der Waals surface area (Å²) < 4.78 is 39.6. The molecule has 1 amide bonds. The second-order valence-electron chi connectivity index (χ2n) is 6.68. The summed E-state index contributed by atoms with van der Waals surface area (Å²) in [6, 6.07) is 12.0. The third-order valence-corrected chi connectivity index (χ3v) is 4.46. The Hall–Kier alpha value is -3.23. The summed E-state index contributed by atoms with van der Waals surface area (Å²) in [5.41, 5.74) is 1.20. The van der Waals surface area contributed by atoms with Crippen LogP contribution in [0.2, 0.25) is 0 Å². The fourth-order valence-electron chi connectivity index (χ4n) is 2.85. The number of rotatable bonds is 5. The number of halogens is 3. The molecule has 0 atom stereocenters. The molecule has 9 heteroatoms. The molecule has 0 saturated heterocycles. The van der Waals surface area contributed by atoms with Crippen LogP contribution in [0.4, 0.5) is 18.9 Å². The number of hydrogen-bond acceptors (Lipinski definition) is 4. The van der Waals surface area contributed by atoms with E-state index in [1.807, 2.05) is 12.1 Å². The summed E-state index contributed by atoms with van der Waals surface area (Å²) in [5.74, 6) is 0.375. The Bertz CT molecular complexity index is 976. The van der Waals surface area contributed by atoms with E-state index in [2.05, 4.69) is 20.8 Å². The Kier molecular flexibility index (Phi) is 4.58. The van der Waals surface area contributed by atoms with Gasteiger partial charge in [0, 0.05) is 11.3 Å². The number of carbonyl (C=O) groups is 1. The van der Waals surface area contributed by atoms with Gasteiger partial charge in [-0.3, -0.25) is 4.79 Å². The maximum Gasteiger partial charge on any atom is 0.416 e. The number of anilines is 1. The van der Waals surface area contributed by atoms with Crippen LogP contribution in [-0.4, -0.2) is 26.1 Å². The highest BCUT2D eigenvalue weighted by molar-refractivity contribution is 5.92. The van der Waals surface area contributed by atoms with Crippen molar-refractivity contribution in [1.82, 2.24) is 20.2 Å². The highest BCUT2D eigenvalue weighted by atomic mass is 19.4. The van der Waals surface area contributed by atoms with E-state index >= 15 is 0 Å².